The highest BCUT2D eigenvalue weighted by atomic mass is 16.8. The maximum atomic E-state index is 11.1. The lowest BCUT2D eigenvalue weighted by molar-refractivity contribution is 0.0829. The summed E-state index contributed by atoms with van der Waals surface area (Å²) < 4.78 is 5.12. The molecule has 0 saturated heterocycles. The van der Waals surface area contributed by atoms with E-state index in [1.165, 1.54) is 7.11 Å². The van der Waals surface area contributed by atoms with Crippen molar-refractivity contribution in [1.82, 2.24) is 0 Å². The van der Waals surface area contributed by atoms with Gasteiger partial charge >= 0.3 is 0 Å². The highest BCUT2D eigenvalue weighted by molar-refractivity contribution is 5.62. The predicted molar refractivity (Wildman–Crippen MR) is 68.0 cm³/mol. The second-order valence-electron chi connectivity index (χ2n) is 5.23. The second-order valence-corrected chi connectivity index (χ2v) is 5.23. The van der Waals surface area contributed by atoms with E-state index in [2.05, 4.69) is 0 Å². The number of aryl methyl sites for hydroxylation is 1. The molecule has 1 atom stereocenters. The van der Waals surface area contributed by atoms with Crippen molar-refractivity contribution in [1.29, 1.82) is 0 Å². The van der Waals surface area contributed by atoms with Crippen LogP contribution >= 0.6 is 0 Å². The number of hydrogen-bond donors (Lipinski definition) is 2. The third kappa shape index (κ3) is 1.94. The largest absolute Gasteiger partial charge is 0.733 e. The molecule has 0 heterocycles. The van der Waals surface area contributed by atoms with Crippen LogP contribution in [0.15, 0.2) is 12.1 Å². The molecule has 2 N–H and O–H groups in total. The first-order chi connectivity index (χ1) is 8.37. The van der Waals surface area contributed by atoms with Crippen LogP contribution in [-0.4, -0.2) is 23.5 Å². The summed E-state index contributed by atoms with van der Waals surface area (Å²) in [6.45, 7) is 3.92. The first-order valence-corrected chi connectivity index (χ1v) is 5.93. The molecule has 0 aliphatic heterocycles. The van der Waals surface area contributed by atoms with E-state index in [1.807, 2.05) is 13.8 Å². The van der Waals surface area contributed by atoms with Crippen LogP contribution in [0.1, 0.15) is 31.4 Å². The minimum absolute atomic E-state index is 0.100. The first kappa shape index (κ1) is 13.1. The molecule has 18 heavy (non-hydrogen) atoms. The average molecular weight is 252 g/mol. The van der Waals surface area contributed by atoms with Crippen LogP contribution in [0.5, 0.6) is 5.75 Å². The third-order valence-electron chi connectivity index (χ3n) is 3.83. The molecule has 0 spiro atoms. The standard InChI is InChI=1S/C13H18NO4/c1-13(2)9-7-11(18-3)10(14(16)17)6-8(9)4-5-12(13)15/h6-7,12,15-16H,4-5H2,1-3H3/q-1. The number of anilines is 1. The van der Waals surface area contributed by atoms with Crippen molar-refractivity contribution in [2.75, 3.05) is 12.3 Å². The fourth-order valence-corrected chi connectivity index (χ4v) is 2.56. The van der Waals surface area contributed by atoms with Crippen molar-refractivity contribution in [3.63, 3.8) is 0 Å². The average Bonchev–Trinajstić information content (AvgIpc) is 2.33. The lowest BCUT2D eigenvalue weighted by Gasteiger charge is -2.38. The van der Waals surface area contributed by atoms with Gasteiger partial charge < -0.3 is 20.3 Å². The van der Waals surface area contributed by atoms with Gasteiger partial charge in [-0.3, -0.25) is 5.21 Å². The molecule has 1 aliphatic carbocycles. The molecule has 1 aromatic rings. The van der Waals surface area contributed by atoms with Gasteiger partial charge in [0, 0.05) is 5.41 Å². The van der Waals surface area contributed by atoms with Gasteiger partial charge in [0.2, 0.25) is 0 Å². The van der Waals surface area contributed by atoms with E-state index >= 15 is 0 Å². The maximum absolute atomic E-state index is 11.1. The van der Waals surface area contributed by atoms with Gasteiger partial charge in [-0.05, 0) is 36.1 Å². The maximum Gasteiger partial charge on any atom is 0.143 e. The summed E-state index contributed by atoms with van der Waals surface area (Å²) in [6.07, 6.45) is 0.916. The fraction of sp³-hybridized carbons (Fsp3) is 0.538. The number of rotatable bonds is 2. The van der Waals surface area contributed by atoms with Gasteiger partial charge in [0.05, 0.1) is 18.9 Å². The fourth-order valence-electron chi connectivity index (χ4n) is 2.56. The molecular weight excluding hydrogens is 234 g/mol. The summed E-state index contributed by atoms with van der Waals surface area (Å²) in [5.74, 6) is 0.313. The Labute approximate surface area is 106 Å². The summed E-state index contributed by atoms with van der Waals surface area (Å²) in [6, 6.07) is 3.36. The Bertz CT molecular complexity index is 457. The number of hydrogen-bond acceptors (Lipinski definition) is 5. The molecule has 1 unspecified atom stereocenters. The molecule has 100 valence electrons. The van der Waals surface area contributed by atoms with Crippen molar-refractivity contribution >= 4 is 5.69 Å². The van der Waals surface area contributed by atoms with Crippen molar-refractivity contribution in [2.45, 2.75) is 38.2 Å². The van der Waals surface area contributed by atoms with Crippen LogP contribution in [0, 0.1) is 5.21 Å². The molecule has 0 radical (unpaired) electrons. The van der Waals surface area contributed by atoms with Gasteiger partial charge in [-0.1, -0.05) is 13.8 Å². The highest BCUT2D eigenvalue weighted by Gasteiger charge is 2.36. The quantitative estimate of drug-likeness (QED) is 0.787. The van der Waals surface area contributed by atoms with Gasteiger partial charge in [0.1, 0.15) is 5.75 Å². The van der Waals surface area contributed by atoms with E-state index in [-0.39, 0.29) is 16.3 Å². The summed E-state index contributed by atoms with van der Waals surface area (Å²) in [5, 5.41) is 30.0. The van der Waals surface area contributed by atoms with Crippen LogP contribution in [0.2, 0.25) is 0 Å². The van der Waals surface area contributed by atoms with Crippen molar-refractivity contribution in [3.05, 3.63) is 28.5 Å². The number of ether oxygens (including phenoxy) is 1. The van der Waals surface area contributed by atoms with Gasteiger partial charge in [0.25, 0.3) is 0 Å². The van der Waals surface area contributed by atoms with Crippen molar-refractivity contribution < 1.29 is 15.1 Å². The summed E-state index contributed by atoms with van der Waals surface area (Å²) in [4.78, 5) is 0. The molecule has 5 nitrogen and oxygen atoms in total. The van der Waals surface area contributed by atoms with Crippen LogP contribution in [-0.2, 0) is 11.8 Å². The summed E-state index contributed by atoms with van der Waals surface area (Å²) in [5.41, 5.74) is 1.64. The number of fused-ring (bicyclic) bond motifs is 1. The number of aliphatic hydroxyl groups excluding tert-OH is 1. The number of benzene rings is 1. The molecule has 0 fully saturated rings. The van der Waals surface area contributed by atoms with Crippen LogP contribution in [0.25, 0.3) is 0 Å². The van der Waals surface area contributed by atoms with Crippen molar-refractivity contribution in [2.24, 2.45) is 0 Å². The van der Waals surface area contributed by atoms with Crippen LogP contribution in [0.3, 0.4) is 0 Å². The Morgan fingerprint density at radius 2 is 2.11 bits per heavy atom. The van der Waals surface area contributed by atoms with E-state index in [9.17, 15) is 10.3 Å². The van der Waals surface area contributed by atoms with Gasteiger partial charge in [-0.25, -0.2) is 0 Å². The van der Waals surface area contributed by atoms with Crippen LogP contribution in [0.4, 0.5) is 5.69 Å². The molecule has 1 aliphatic rings. The molecule has 0 saturated carbocycles. The Balaban J connectivity index is 2.59. The minimum atomic E-state index is -0.418. The molecule has 0 bridgehead atoms. The van der Waals surface area contributed by atoms with Crippen LogP contribution < -0.4 is 9.96 Å². The molecule has 0 amide bonds. The zero-order valence-electron chi connectivity index (χ0n) is 10.8. The predicted octanol–water partition coefficient (Wildman–Crippen LogP) is 1.97. The number of nitrogens with zero attached hydrogens (tertiary/aromatic N) is 1. The molecular formula is C13H18NO4-. The van der Waals surface area contributed by atoms with Gasteiger partial charge in [-0.2, -0.15) is 0 Å². The normalized spacial score (nSPS) is 21.3. The molecule has 2 rings (SSSR count). The zero-order chi connectivity index (χ0) is 13.5. The Morgan fingerprint density at radius 1 is 1.44 bits per heavy atom. The van der Waals surface area contributed by atoms with E-state index in [0.717, 1.165) is 11.1 Å². The monoisotopic (exact) mass is 252 g/mol. The second kappa shape index (κ2) is 4.42. The molecule has 0 aromatic heterocycles. The zero-order valence-corrected chi connectivity index (χ0v) is 10.8. The number of aliphatic hydroxyl groups is 1. The first-order valence-electron chi connectivity index (χ1n) is 5.93. The van der Waals surface area contributed by atoms with E-state index in [1.54, 1.807) is 12.1 Å². The lowest BCUT2D eigenvalue weighted by Crippen LogP contribution is -2.38. The van der Waals surface area contributed by atoms with E-state index < -0.39 is 6.10 Å². The van der Waals surface area contributed by atoms with Crippen molar-refractivity contribution in [3.8, 4) is 5.75 Å². The molecule has 5 heteroatoms. The minimum Gasteiger partial charge on any atom is -0.733 e. The number of methoxy groups -OCH3 is 1. The SMILES string of the molecule is COc1cc2c(cc1N([O-])O)CCC(O)C2(C)C. The lowest BCUT2D eigenvalue weighted by atomic mass is 9.70. The van der Waals surface area contributed by atoms with Gasteiger partial charge in [-0.15, -0.1) is 0 Å². The van der Waals surface area contributed by atoms with E-state index in [0.29, 0.717) is 18.6 Å². The Morgan fingerprint density at radius 3 is 2.67 bits per heavy atom. The van der Waals surface area contributed by atoms with Gasteiger partial charge in [0.15, 0.2) is 0 Å². The highest BCUT2D eigenvalue weighted by Crippen LogP contribution is 2.42. The smallest absolute Gasteiger partial charge is 0.143 e. The van der Waals surface area contributed by atoms with E-state index in [4.69, 9.17) is 9.94 Å². The Hall–Kier alpha value is -1.30. The third-order valence-corrected chi connectivity index (χ3v) is 3.83. The topological polar surface area (TPSA) is 76.0 Å². The Kier molecular flexibility index (Phi) is 3.23. The summed E-state index contributed by atoms with van der Waals surface area (Å²) in [7, 11) is 1.45. The molecule has 1 aromatic carbocycles. The summed E-state index contributed by atoms with van der Waals surface area (Å²) >= 11 is 0.